The normalized spacial score (nSPS) is 19.4. The number of para-hydroxylation sites is 1. The molecule has 0 N–H and O–H groups in total. The SMILES string of the molecule is Cc1cccc2sc(N(CCN(C)C)C(=O)c3ccc(S(=O)(=O)N4C[C@H](C)O[C@@H](C)C4)cc3)nc12. The Labute approximate surface area is 211 Å². The Bertz CT molecular complexity index is 1290. The Morgan fingerprint density at radius 1 is 1.09 bits per heavy atom. The van der Waals surface area contributed by atoms with Crippen molar-refractivity contribution in [2.75, 3.05) is 45.2 Å². The monoisotopic (exact) mass is 516 g/mol. The zero-order chi connectivity index (χ0) is 25.3. The summed E-state index contributed by atoms with van der Waals surface area (Å²) in [5.41, 5.74) is 2.37. The molecule has 3 aromatic rings. The first kappa shape index (κ1) is 25.7. The van der Waals surface area contributed by atoms with E-state index in [1.165, 1.54) is 27.8 Å². The number of sulfonamides is 1. The summed E-state index contributed by atoms with van der Waals surface area (Å²) in [6.45, 7) is 7.49. The molecule has 2 atom stereocenters. The van der Waals surface area contributed by atoms with Crippen LogP contribution in [-0.4, -0.2) is 81.0 Å². The van der Waals surface area contributed by atoms with E-state index in [2.05, 4.69) is 0 Å². The maximum atomic E-state index is 13.6. The second-order valence-electron chi connectivity index (χ2n) is 9.28. The molecule has 1 amide bonds. The van der Waals surface area contributed by atoms with Gasteiger partial charge in [-0.15, -0.1) is 0 Å². The topological polar surface area (TPSA) is 83.1 Å². The predicted molar refractivity (Wildman–Crippen MR) is 140 cm³/mol. The highest BCUT2D eigenvalue weighted by Gasteiger charge is 2.32. The molecule has 188 valence electrons. The van der Waals surface area contributed by atoms with Crippen LogP contribution in [0, 0.1) is 6.92 Å². The van der Waals surface area contributed by atoms with Crippen molar-refractivity contribution in [2.45, 2.75) is 37.9 Å². The van der Waals surface area contributed by atoms with Crippen molar-refractivity contribution in [3.8, 4) is 0 Å². The highest BCUT2D eigenvalue weighted by Crippen LogP contribution is 2.31. The molecule has 0 aliphatic carbocycles. The molecule has 2 aromatic carbocycles. The molecule has 8 nitrogen and oxygen atoms in total. The first-order chi connectivity index (χ1) is 16.6. The summed E-state index contributed by atoms with van der Waals surface area (Å²) in [6.07, 6.45) is -0.339. The van der Waals surface area contributed by atoms with Gasteiger partial charge in [-0.2, -0.15) is 4.31 Å². The van der Waals surface area contributed by atoms with Gasteiger partial charge in [0.05, 0.1) is 27.3 Å². The zero-order valence-corrected chi connectivity index (χ0v) is 22.4. The molecule has 0 saturated carbocycles. The van der Waals surface area contributed by atoms with Crippen LogP contribution in [0.2, 0.25) is 0 Å². The minimum Gasteiger partial charge on any atom is -0.373 e. The summed E-state index contributed by atoms with van der Waals surface area (Å²) in [5, 5.41) is 0.633. The fourth-order valence-corrected chi connectivity index (χ4v) is 6.83. The van der Waals surface area contributed by atoms with E-state index in [9.17, 15) is 13.2 Å². The zero-order valence-electron chi connectivity index (χ0n) is 20.8. The maximum Gasteiger partial charge on any atom is 0.260 e. The van der Waals surface area contributed by atoms with Crippen LogP contribution in [0.3, 0.4) is 0 Å². The Morgan fingerprint density at radius 3 is 2.34 bits per heavy atom. The second kappa shape index (κ2) is 10.3. The third-order valence-corrected chi connectivity index (χ3v) is 8.87. The van der Waals surface area contributed by atoms with Crippen molar-refractivity contribution < 1.29 is 17.9 Å². The molecule has 0 unspecified atom stereocenters. The van der Waals surface area contributed by atoms with Crippen molar-refractivity contribution in [1.82, 2.24) is 14.2 Å². The van der Waals surface area contributed by atoms with Gasteiger partial charge in [-0.3, -0.25) is 9.69 Å². The van der Waals surface area contributed by atoms with E-state index in [1.807, 2.05) is 58.0 Å². The number of hydrogen-bond acceptors (Lipinski definition) is 7. The number of carbonyl (C=O) groups is 1. The summed E-state index contributed by atoms with van der Waals surface area (Å²) in [5.74, 6) is -0.207. The van der Waals surface area contributed by atoms with Crippen molar-refractivity contribution >= 4 is 42.6 Å². The highest BCUT2D eigenvalue weighted by atomic mass is 32.2. The van der Waals surface area contributed by atoms with Gasteiger partial charge in [0.25, 0.3) is 5.91 Å². The number of thiazole rings is 1. The number of benzene rings is 2. The molecule has 10 heteroatoms. The van der Waals surface area contributed by atoms with Gasteiger partial charge < -0.3 is 9.64 Å². The van der Waals surface area contributed by atoms with E-state index in [0.717, 1.165) is 15.8 Å². The fraction of sp³-hybridized carbons (Fsp3) is 0.440. The van der Waals surface area contributed by atoms with E-state index in [1.54, 1.807) is 17.0 Å². The van der Waals surface area contributed by atoms with E-state index >= 15 is 0 Å². The Kier molecular flexibility index (Phi) is 7.58. The molecular formula is C25H32N4O4S2. The Hall–Kier alpha value is -2.37. The number of amides is 1. The van der Waals surface area contributed by atoms with Crippen LogP contribution < -0.4 is 4.90 Å². The molecule has 0 spiro atoms. The third-order valence-electron chi connectivity index (χ3n) is 5.98. The number of rotatable bonds is 7. The van der Waals surface area contributed by atoms with Gasteiger partial charge >= 0.3 is 0 Å². The number of hydrogen-bond donors (Lipinski definition) is 0. The van der Waals surface area contributed by atoms with E-state index in [-0.39, 0.29) is 23.0 Å². The summed E-state index contributed by atoms with van der Waals surface area (Å²) in [6, 6.07) is 12.2. The molecule has 4 rings (SSSR count). The molecule has 1 aliphatic rings. The second-order valence-corrected chi connectivity index (χ2v) is 12.2. The van der Waals surface area contributed by atoms with Gasteiger partial charge in [0.2, 0.25) is 10.0 Å². The quantitative estimate of drug-likeness (QED) is 0.477. The number of aryl methyl sites for hydroxylation is 1. The summed E-state index contributed by atoms with van der Waals surface area (Å²) in [7, 11) is 0.238. The lowest BCUT2D eigenvalue weighted by molar-refractivity contribution is -0.0440. The standard InChI is InChI=1S/C25H32N4O4S2/c1-17-7-6-8-22-23(17)26-25(34-22)29(14-13-27(4)5)24(30)20-9-11-21(12-10-20)35(31,32)28-15-18(2)33-19(3)16-28/h6-12,18-19H,13-16H2,1-5H3/t18-,19-/m0/s1. The van der Waals surface area contributed by atoms with Crippen LogP contribution >= 0.6 is 11.3 Å². The van der Waals surface area contributed by atoms with Gasteiger partial charge in [0.1, 0.15) is 0 Å². The maximum absolute atomic E-state index is 13.6. The minimum absolute atomic E-state index is 0.169. The molecule has 2 heterocycles. The van der Waals surface area contributed by atoms with E-state index < -0.39 is 10.0 Å². The lowest BCUT2D eigenvalue weighted by Gasteiger charge is -2.34. The van der Waals surface area contributed by atoms with Crippen molar-refractivity contribution in [3.05, 3.63) is 53.6 Å². The molecule has 1 saturated heterocycles. The molecule has 1 aromatic heterocycles. The van der Waals surface area contributed by atoms with Crippen LogP contribution in [-0.2, 0) is 14.8 Å². The van der Waals surface area contributed by atoms with Crippen LogP contribution in [0.1, 0.15) is 29.8 Å². The van der Waals surface area contributed by atoms with E-state index in [4.69, 9.17) is 9.72 Å². The van der Waals surface area contributed by atoms with Crippen LogP contribution in [0.15, 0.2) is 47.4 Å². The molecular weight excluding hydrogens is 484 g/mol. The molecule has 0 radical (unpaired) electrons. The van der Waals surface area contributed by atoms with Gasteiger partial charge in [-0.25, -0.2) is 13.4 Å². The Balaban J connectivity index is 1.61. The van der Waals surface area contributed by atoms with Gasteiger partial charge in [-0.1, -0.05) is 23.5 Å². The summed E-state index contributed by atoms with van der Waals surface area (Å²) < 4.78 is 34.5. The molecule has 1 aliphatic heterocycles. The average molecular weight is 517 g/mol. The van der Waals surface area contributed by atoms with Gasteiger partial charge in [0, 0.05) is 31.7 Å². The minimum atomic E-state index is -3.67. The van der Waals surface area contributed by atoms with Crippen molar-refractivity contribution in [3.63, 3.8) is 0 Å². The van der Waals surface area contributed by atoms with Crippen LogP contribution in [0.5, 0.6) is 0 Å². The van der Waals surface area contributed by atoms with Gasteiger partial charge in [-0.05, 0) is 70.8 Å². The van der Waals surface area contributed by atoms with Crippen LogP contribution in [0.4, 0.5) is 5.13 Å². The first-order valence-electron chi connectivity index (χ1n) is 11.6. The number of morpholine rings is 1. The number of ether oxygens (including phenoxy) is 1. The van der Waals surface area contributed by atoms with Gasteiger partial charge in [0.15, 0.2) is 5.13 Å². The lowest BCUT2D eigenvalue weighted by atomic mass is 10.2. The predicted octanol–water partition coefficient (Wildman–Crippen LogP) is 3.61. The largest absolute Gasteiger partial charge is 0.373 e. The number of carbonyl (C=O) groups excluding carboxylic acids is 1. The smallest absolute Gasteiger partial charge is 0.260 e. The highest BCUT2D eigenvalue weighted by molar-refractivity contribution is 7.89. The number of anilines is 1. The van der Waals surface area contributed by atoms with Crippen LogP contribution in [0.25, 0.3) is 10.2 Å². The number of nitrogens with zero attached hydrogens (tertiary/aromatic N) is 4. The Morgan fingerprint density at radius 2 is 1.74 bits per heavy atom. The third kappa shape index (κ3) is 5.57. The lowest BCUT2D eigenvalue weighted by Crippen LogP contribution is -2.48. The van der Waals surface area contributed by atoms with E-state index in [0.29, 0.717) is 36.9 Å². The molecule has 1 fully saturated rings. The fourth-order valence-electron chi connectivity index (χ4n) is 4.18. The number of aromatic nitrogens is 1. The number of fused-ring (bicyclic) bond motifs is 1. The summed E-state index contributed by atoms with van der Waals surface area (Å²) in [4.78, 5) is 22.2. The first-order valence-corrected chi connectivity index (χ1v) is 13.9. The van der Waals surface area contributed by atoms with Crippen molar-refractivity contribution in [1.29, 1.82) is 0 Å². The average Bonchev–Trinajstić information content (AvgIpc) is 3.24. The number of likely N-dealkylation sites (N-methyl/N-ethyl adjacent to an activating group) is 1. The summed E-state index contributed by atoms with van der Waals surface area (Å²) >= 11 is 1.48. The van der Waals surface area contributed by atoms with Crippen molar-refractivity contribution in [2.24, 2.45) is 0 Å². The molecule has 0 bridgehead atoms. The molecule has 35 heavy (non-hydrogen) atoms.